The van der Waals surface area contributed by atoms with Crippen molar-refractivity contribution in [3.8, 4) is 17.2 Å². The molecule has 1 amide bonds. The van der Waals surface area contributed by atoms with Crippen LogP contribution in [0, 0.1) is 6.92 Å². The van der Waals surface area contributed by atoms with Crippen LogP contribution in [0.5, 0.6) is 17.2 Å². The molecular weight excluding hydrogens is 344 g/mol. The van der Waals surface area contributed by atoms with E-state index in [0.717, 1.165) is 11.3 Å². The van der Waals surface area contributed by atoms with Crippen LogP contribution in [-0.2, 0) is 4.79 Å². The van der Waals surface area contributed by atoms with E-state index in [0.29, 0.717) is 43.6 Å². The van der Waals surface area contributed by atoms with Crippen LogP contribution in [0.15, 0.2) is 42.5 Å². The van der Waals surface area contributed by atoms with Gasteiger partial charge in [0.1, 0.15) is 25.6 Å². The van der Waals surface area contributed by atoms with Crippen molar-refractivity contribution in [2.24, 2.45) is 0 Å². The summed E-state index contributed by atoms with van der Waals surface area (Å²) in [7, 11) is 1.91. The Balaban J connectivity index is 1.50. The number of ether oxygens (including phenoxy) is 3. The van der Waals surface area contributed by atoms with Gasteiger partial charge in [-0.05, 0) is 44.7 Å². The van der Waals surface area contributed by atoms with E-state index in [4.69, 9.17) is 14.2 Å². The number of carbonyl (C=O) groups is 1. The van der Waals surface area contributed by atoms with Gasteiger partial charge in [-0.1, -0.05) is 18.2 Å². The zero-order valence-corrected chi connectivity index (χ0v) is 16.0. The predicted molar refractivity (Wildman–Crippen MR) is 105 cm³/mol. The molecule has 1 heterocycles. The van der Waals surface area contributed by atoms with Crippen LogP contribution in [0.1, 0.15) is 12.5 Å². The van der Waals surface area contributed by atoms with Gasteiger partial charge in [0.05, 0.1) is 6.04 Å². The normalized spacial score (nSPS) is 13.9. The number of fused-ring (bicyclic) bond motifs is 1. The molecular formula is C21H26N2O4. The first kappa shape index (κ1) is 19.0. The van der Waals surface area contributed by atoms with E-state index in [1.54, 1.807) is 6.07 Å². The number of carbonyl (C=O) groups excluding carboxylic acids is 1. The lowest BCUT2D eigenvalue weighted by atomic mass is 10.2. The van der Waals surface area contributed by atoms with Gasteiger partial charge in [0.15, 0.2) is 11.5 Å². The molecule has 144 valence electrons. The highest BCUT2D eigenvalue weighted by Gasteiger charge is 2.19. The molecule has 0 fully saturated rings. The summed E-state index contributed by atoms with van der Waals surface area (Å²) < 4.78 is 16.9. The molecule has 1 N–H and O–H groups in total. The van der Waals surface area contributed by atoms with E-state index in [1.807, 2.05) is 62.2 Å². The number of hydrogen-bond donors (Lipinski definition) is 1. The quantitative estimate of drug-likeness (QED) is 0.812. The lowest BCUT2D eigenvalue weighted by Gasteiger charge is -2.24. The third kappa shape index (κ3) is 4.92. The first-order chi connectivity index (χ1) is 13.0. The fourth-order valence-electron chi connectivity index (χ4n) is 2.78. The van der Waals surface area contributed by atoms with Crippen molar-refractivity contribution in [1.29, 1.82) is 0 Å². The molecule has 2 aromatic carbocycles. The molecule has 2 aromatic rings. The van der Waals surface area contributed by atoms with Gasteiger partial charge in [0, 0.05) is 18.3 Å². The first-order valence-electron chi connectivity index (χ1n) is 9.14. The van der Waals surface area contributed by atoms with Crippen molar-refractivity contribution in [2.45, 2.75) is 19.9 Å². The van der Waals surface area contributed by atoms with Gasteiger partial charge in [-0.2, -0.15) is 0 Å². The number of para-hydroxylation sites is 1. The smallest absolute Gasteiger partial charge is 0.241 e. The minimum absolute atomic E-state index is 0.0786. The Bertz CT molecular complexity index is 794. The van der Waals surface area contributed by atoms with Gasteiger partial charge in [-0.25, -0.2) is 0 Å². The zero-order valence-electron chi connectivity index (χ0n) is 16.0. The fraction of sp³-hybridized carbons (Fsp3) is 0.381. The van der Waals surface area contributed by atoms with Crippen LogP contribution in [-0.4, -0.2) is 50.3 Å². The Labute approximate surface area is 160 Å². The van der Waals surface area contributed by atoms with Crippen LogP contribution in [0.3, 0.4) is 0 Å². The van der Waals surface area contributed by atoms with E-state index in [2.05, 4.69) is 5.32 Å². The monoisotopic (exact) mass is 370 g/mol. The number of hydrogen-bond acceptors (Lipinski definition) is 5. The number of benzene rings is 2. The molecule has 1 aliphatic heterocycles. The van der Waals surface area contributed by atoms with E-state index in [-0.39, 0.29) is 11.9 Å². The molecule has 0 aliphatic carbocycles. The lowest BCUT2D eigenvalue weighted by Crippen LogP contribution is -2.41. The van der Waals surface area contributed by atoms with E-state index in [1.165, 1.54) is 0 Å². The number of aryl methyl sites for hydroxylation is 1. The van der Waals surface area contributed by atoms with E-state index in [9.17, 15) is 4.79 Å². The molecule has 1 aliphatic rings. The topological polar surface area (TPSA) is 60.0 Å². The van der Waals surface area contributed by atoms with E-state index >= 15 is 0 Å². The standard InChI is InChI=1S/C21H26N2O4/c1-15-6-4-5-7-18(15)25-11-10-23(3)16(2)21(24)22-17-8-9-19-20(14-17)27-13-12-26-19/h4-9,14,16H,10-13H2,1-3H3,(H,22,24)/t16-/m0/s1. The molecule has 0 aromatic heterocycles. The number of amides is 1. The van der Waals surface area contributed by atoms with Gasteiger partial charge in [-0.3, -0.25) is 9.69 Å². The Morgan fingerprint density at radius 1 is 1.19 bits per heavy atom. The van der Waals surface area contributed by atoms with Crippen molar-refractivity contribution < 1.29 is 19.0 Å². The maximum Gasteiger partial charge on any atom is 0.241 e. The Kier molecular flexibility index (Phi) is 6.19. The molecule has 0 spiro atoms. The molecule has 1 atom stereocenters. The molecule has 0 unspecified atom stereocenters. The zero-order chi connectivity index (χ0) is 19.2. The summed E-state index contributed by atoms with van der Waals surface area (Å²) in [6, 6.07) is 13.0. The molecule has 0 radical (unpaired) electrons. The molecule has 27 heavy (non-hydrogen) atoms. The summed E-state index contributed by atoms with van der Waals surface area (Å²) in [5, 5.41) is 2.93. The second-order valence-electron chi connectivity index (χ2n) is 6.62. The number of rotatable bonds is 7. The van der Waals surface area contributed by atoms with Crippen LogP contribution in [0.2, 0.25) is 0 Å². The Morgan fingerprint density at radius 2 is 1.93 bits per heavy atom. The molecule has 0 saturated heterocycles. The summed E-state index contributed by atoms with van der Waals surface area (Å²) in [5.41, 5.74) is 1.80. The maximum absolute atomic E-state index is 12.5. The largest absolute Gasteiger partial charge is 0.492 e. The van der Waals surface area contributed by atoms with Gasteiger partial charge < -0.3 is 19.5 Å². The van der Waals surface area contributed by atoms with Crippen LogP contribution in [0.4, 0.5) is 5.69 Å². The van der Waals surface area contributed by atoms with Crippen molar-refractivity contribution >= 4 is 11.6 Å². The minimum atomic E-state index is -0.293. The highest BCUT2D eigenvalue weighted by Crippen LogP contribution is 2.32. The Hall–Kier alpha value is -2.73. The number of anilines is 1. The van der Waals surface area contributed by atoms with E-state index < -0.39 is 0 Å². The second-order valence-corrected chi connectivity index (χ2v) is 6.62. The second kappa shape index (κ2) is 8.77. The maximum atomic E-state index is 12.5. The average molecular weight is 370 g/mol. The van der Waals surface area contributed by atoms with Crippen LogP contribution >= 0.6 is 0 Å². The Morgan fingerprint density at radius 3 is 2.70 bits per heavy atom. The predicted octanol–water partition coefficient (Wildman–Crippen LogP) is 3.10. The molecule has 6 nitrogen and oxygen atoms in total. The summed E-state index contributed by atoms with van der Waals surface area (Å²) in [4.78, 5) is 14.5. The highest BCUT2D eigenvalue weighted by atomic mass is 16.6. The number of likely N-dealkylation sites (N-methyl/N-ethyl adjacent to an activating group) is 1. The summed E-state index contributed by atoms with van der Waals surface area (Å²) in [5.74, 6) is 2.16. The van der Waals surface area contributed by atoms with Gasteiger partial charge in [-0.15, -0.1) is 0 Å². The van der Waals surface area contributed by atoms with Gasteiger partial charge >= 0.3 is 0 Å². The van der Waals surface area contributed by atoms with Crippen LogP contribution < -0.4 is 19.5 Å². The lowest BCUT2D eigenvalue weighted by molar-refractivity contribution is -0.120. The van der Waals surface area contributed by atoms with Crippen molar-refractivity contribution in [1.82, 2.24) is 4.90 Å². The van der Waals surface area contributed by atoms with Gasteiger partial charge in [0.2, 0.25) is 5.91 Å². The molecule has 0 saturated carbocycles. The van der Waals surface area contributed by atoms with Crippen molar-refractivity contribution in [3.05, 3.63) is 48.0 Å². The molecule has 6 heteroatoms. The highest BCUT2D eigenvalue weighted by molar-refractivity contribution is 5.94. The molecule has 3 rings (SSSR count). The number of nitrogens with zero attached hydrogens (tertiary/aromatic N) is 1. The minimum Gasteiger partial charge on any atom is -0.492 e. The number of nitrogens with one attached hydrogen (secondary N) is 1. The third-order valence-electron chi connectivity index (χ3n) is 4.65. The van der Waals surface area contributed by atoms with Crippen molar-refractivity contribution in [3.63, 3.8) is 0 Å². The third-order valence-corrected chi connectivity index (χ3v) is 4.65. The average Bonchev–Trinajstić information content (AvgIpc) is 2.68. The van der Waals surface area contributed by atoms with Gasteiger partial charge in [0.25, 0.3) is 0 Å². The summed E-state index contributed by atoms with van der Waals surface area (Å²) in [6.07, 6.45) is 0. The van der Waals surface area contributed by atoms with Crippen molar-refractivity contribution in [2.75, 3.05) is 38.7 Å². The molecule has 0 bridgehead atoms. The fourth-order valence-corrected chi connectivity index (χ4v) is 2.78. The van der Waals surface area contributed by atoms with Crippen LogP contribution in [0.25, 0.3) is 0 Å². The summed E-state index contributed by atoms with van der Waals surface area (Å²) in [6.45, 7) is 6.12. The SMILES string of the molecule is Cc1ccccc1OCCN(C)[C@@H](C)C(=O)Nc1ccc2c(c1)OCCO2. The summed E-state index contributed by atoms with van der Waals surface area (Å²) >= 11 is 0. The first-order valence-corrected chi connectivity index (χ1v) is 9.14.